The zero-order chi connectivity index (χ0) is 11.1. The fourth-order valence-corrected chi connectivity index (χ4v) is 3.00. The molecule has 0 saturated carbocycles. The average molecular weight is 295 g/mol. The number of aromatic amines is 1. The third-order valence-electron chi connectivity index (χ3n) is 2.38. The van der Waals surface area contributed by atoms with Gasteiger partial charge in [0.25, 0.3) is 0 Å². The van der Waals surface area contributed by atoms with Crippen molar-refractivity contribution in [1.82, 2.24) is 9.55 Å². The Hall–Kier alpha value is -1.33. The van der Waals surface area contributed by atoms with Gasteiger partial charge in [-0.3, -0.25) is 4.57 Å². The minimum atomic E-state index is -0.107. The van der Waals surface area contributed by atoms with Crippen LogP contribution in [0.25, 0.3) is 16.0 Å². The molecule has 0 bridgehead atoms. The summed E-state index contributed by atoms with van der Waals surface area (Å²) in [5.74, 6) is 0. The molecule has 80 valence electrons. The van der Waals surface area contributed by atoms with E-state index in [4.69, 9.17) is 0 Å². The number of nitrogens with zero attached hydrogens (tertiary/aromatic N) is 1. The molecule has 1 N–H and O–H groups in total. The zero-order valence-corrected chi connectivity index (χ0v) is 10.5. The number of thiophene rings is 1. The highest BCUT2D eigenvalue weighted by atomic mass is 79.9. The SMILES string of the molecule is O=c1[nH]c2cccc(Br)c2n1-c1cccs1. The molecule has 0 aliphatic carbocycles. The number of benzene rings is 1. The summed E-state index contributed by atoms with van der Waals surface area (Å²) in [6.07, 6.45) is 0. The lowest BCUT2D eigenvalue weighted by molar-refractivity contribution is 1.04. The Labute approximate surface area is 103 Å². The molecule has 0 fully saturated rings. The van der Waals surface area contributed by atoms with Crippen LogP contribution in [0.3, 0.4) is 0 Å². The normalized spacial score (nSPS) is 11.1. The fourth-order valence-electron chi connectivity index (χ4n) is 1.72. The summed E-state index contributed by atoms with van der Waals surface area (Å²) < 4.78 is 2.60. The first kappa shape index (κ1) is 9.86. The number of H-pyrrole nitrogens is 1. The molecule has 0 unspecified atom stereocenters. The number of fused-ring (bicyclic) bond motifs is 1. The van der Waals surface area contributed by atoms with Crippen LogP contribution in [0.15, 0.2) is 45.0 Å². The van der Waals surface area contributed by atoms with Crippen molar-refractivity contribution in [3.63, 3.8) is 0 Å². The first-order valence-corrected chi connectivity index (χ1v) is 6.38. The van der Waals surface area contributed by atoms with E-state index in [2.05, 4.69) is 20.9 Å². The maximum absolute atomic E-state index is 11.9. The van der Waals surface area contributed by atoms with Crippen LogP contribution in [-0.2, 0) is 0 Å². The van der Waals surface area contributed by atoms with Crippen LogP contribution in [0.2, 0.25) is 0 Å². The third-order valence-corrected chi connectivity index (χ3v) is 3.87. The van der Waals surface area contributed by atoms with Crippen LogP contribution in [0.5, 0.6) is 0 Å². The van der Waals surface area contributed by atoms with Gasteiger partial charge in [0.05, 0.1) is 11.0 Å². The molecule has 0 atom stereocenters. The fraction of sp³-hybridized carbons (Fsp3) is 0. The molecule has 2 heterocycles. The Morgan fingerprint density at radius 3 is 2.88 bits per heavy atom. The molecule has 0 aliphatic rings. The molecule has 2 aromatic heterocycles. The van der Waals surface area contributed by atoms with E-state index in [1.54, 1.807) is 15.9 Å². The van der Waals surface area contributed by atoms with Crippen molar-refractivity contribution < 1.29 is 0 Å². The standard InChI is InChI=1S/C11H7BrN2OS/c12-7-3-1-4-8-10(7)14(11(15)13-8)9-5-2-6-16-9/h1-6H,(H,13,15). The smallest absolute Gasteiger partial charge is 0.305 e. The van der Waals surface area contributed by atoms with Gasteiger partial charge in [-0.15, -0.1) is 11.3 Å². The molecular weight excluding hydrogens is 288 g/mol. The van der Waals surface area contributed by atoms with Crippen molar-refractivity contribution in [2.45, 2.75) is 0 Å². The van der Waals surface area contributed by atoms with E-state index in [9.17, 15) is 4.79 Å². The summed E-state index contributed by atoms with van der Waals surface area (Å²) in [7, 11) is 0. The molecule has 0 saturated heterocycles. The Morgan fingerprint density at radius 2 is 2.12 bits per heavy atom. The van der Waals surface area contributed by atoms with Gasteiger partial charge in [-0.25, -0.2) is 4.79 Å². The van der Waals surface area contributed by atoms with Crippen LogP contribution in [0, 0.1) is 0 Å². The third kappa shape index (κ3) is 1.36. The summed E-state index contributed by atoms with van der Waals surface area (Å²) in [5.41, 5.74) is 1.62. The average Bonchev–Trinajstić information content (AvgIpc) is 2.84. The molecule has 0 aliphatic heterocycles. The molecule has 3 aromatic rings. The lowest BCUT2D eigenvalue weighted by Gasteiger charge is -2.00. The lowest BCUT2D eigenvalue weighted by atomic mass is 10.3. The highest BCUT2D eigenvalue weighted by Crippen LogP contribution is 2.25. The number of hydrogen-bond donors (Lipinski definition) is 1. The number of nitrogens with one attached hydrogen (secondary N) is 1. The minimum Gasteiger partial charge on any atom is -0.305 e. The second kappa shape index (κ2) is 3.61. The molecule has 5 heteroatoms. The van der Waals surface area contributed by atoms with E-state index >= 15 is 0 Å². The second-order valence-electron chi connectivity index (χ2n) is 3.35. The highest BCUT2D eigenvalue weighted by Gasteiger charge is 2.11. The van der Waals surface area contributed by atoms with Gasteiger partial charge in [0, 0.05) is 4.47 Å². The van der Waals surface area contributed by atoms with Gasteiger partial charge in [0.15, 0.2) is 0 Å². The second-order valence-corrected chi connectivity index (χ2v) is 5.13. The monoisotopic (exact) mass is 294 g/mol. The van der Waals surface area contributed by atoms with Gasteiger partial charge in [-0.2, -0.15) is 0 Å². The predicted molar refractivity (Wildman–Crippen MR) is 69.5 cm³/mol. The van der Waals surface area contributed by atoms with Crippen molar-refractivity contribution in [3.8, 4) is 5.00 Å². The van der Waals surface area contributed by atoms with Crippen LogP contribution >= 0.6 is 27.3 Å². The molecule has 1 aromatic carbocycles. The van der Waals surface area contributed by atoms with E-state index in [1.165, 1.54) is 0 Å². The van der Waals surface area contributed by atoms with E-state index in [-0.39, 0.29) is 5.69 Å². The van der Waals surface area contributed by atoms with Crippen molar-refractivity contribution in [1.29, 1.82) is 0 Å². The summed E-state index contributed by atoms with van der Waals surface area (Å²) >= 11 is 5.01. The largest absolute Gasteiger partial charge is 0.331 e. The van der Waals surface area contributed by atoms with Gasteiger partial charge in [-0.05, 0) is 45.6 Å². The van der Waals surface area contributed by atoms with E-state index in [0.29, 0.717) is 0 Å². The number of rotatable bonds is 1. The number of aromatic nitrogens is 2. The van der Waals surface area contributed by atoms with Crippen LogP contribution in [0.1, 0.15) is 0 Å². The van der Waals surface area contributed by atoms with Gasteiger partial charge < -0.3 is 4.98 Å². The first-order valence-electron chi connectivity index (χ1n) is 4.70. The number of para-hydroxylation sites is 1. The van der Waals surface area contributed by atoms with E-state index in [1.807, 2.05) is 35.7 Å². The molecule has 0 amide bonds. The summed E-state index contributed by atoms with van der Waals surface area (Å²) in [5, 5.41) is 2.88. The number of halogens is 1. The Kier molecular flexibility index (Phi) is 2.22. The van der Waals surface area contributed by atoms with Gasteiger partial charge in [-0.1, -0.05) is 6.07 Å². The quantitative estimate of drug-likeness (QED) is 0.736. The van der Waals surface area contributed by atoms with Gasteiger partial charge in [0.1, 0.15) is 5.00 Å². The number of hydrogen-bond acceptors (Lipinski definition) is 2. The Morgan fingerprint density at radius 1 is 1.25 bits per heavy atom. The molecule has 16 heavy (non-hydrogen) atoms. The lowest BCUT2D eigenvalue weighted by Crippen LogP contribution is -2.13. The van der Waals surface area contributed by atoms with Crippen molar-refractivity contribution >= 4 is 38.3 Å². The van der Waals surface area contributed by atoms with Crippen LogP contribution in [0.4, 0.5) is 0 Å². The van der Waals surface area contributed by atoms with Crippen LogP contribution < -0.4 is 5.69 Å². The van der Waals surface area contributed by atoms with Gasteiger partial charge >= 0.3 is 5.69 Å². The molecule has 3 nitrogen and oxygen atoms in total. The Balaban J connectivity index is 2.49. The summed E-state index contributed by atoms with van der Waals surface area (Å²) in [6, 6.07) is 9.59. The topological polar surface area (TPSA) is 37.8 Å². The number of imidazole rings is 1. The van der Waals surface area contributed by atoms with Crippen LogP contribution in [-0.4, -0.2) is 9.55 Å². The maximum Gasteiger partial charge on any atom is 0.331 e. The van der Waals surface area contributed by atoms with Crippen molar-refractivity contribution in [2.75, 3.05) is 0 Å². The van der Waals surface area contributed by atoms with Gasteiger partial charge in [0.2, 0.25) is 0 Å². The summed E-state index contributed by atoms with van der Waals surface area (Å²) in [4.78, 5) is 14.7. The molecule has 3 rings (SSSR count). The maximum atomic E-state index is 11.9. The molecule has 0 spiro atoms. The van der Waals surface area contributed by atoms with E-state index < -0.39 is 0 Å². The first-order chi connectivity index (χ1) is 7.77. The molecular formula is C11H7BrN2OS. The predicted octanol–water partition coefficient (Wildman–Crippen LogP) is 3.14. The summed E-state index contributed by atoms with van der Waals surface area (Å²) in [6.45, 7) is 0. The Bertz CT molecular complexity index is 696. The van der Waals surface area contributed by atoms with Crippen molar-refractivity contribution in [3.05, 3.63) is 50.7 Å². The molecule has 0 radical (unpaired) electrons. The van der Waals surface area contributed by atoms with E-state index in [0.717, 1.165) is 20.5 Å². The minimum absolute atomic E-state index is 0.107. The highest BCUT2D eigenvalue weighted by molar-refractivity contribution is 9.10. The van der Waals surface area contributed by atoms with Crippen molar-refractivity contribution in [2.24, 2.45) is 0 Å². The zero-order valence-electron chi connectivity index (χ0n) is 8.11.